The number of nitrogens with zero attached hydrogens (tertiary/aromatic N) is 1. The van der Waals surface area contributed by atoms with Crippen molar-refractivity contribution in [1.82, 2.24) is 5.32 Å². The van der Waals surface area contributed by atoms with E-state index in [1.165, 1.54) is 17.0 Å². The number of sulfonamides is 1. The molecule has 24 heavy (non-hydrogen) atoms. The highest BCUT2D eigenvalue weighted by molar-refractivity contribution is 7.92. The van der Waals surface area contributed by atoms with Crippen LogP contribution in [0, 0.1) is 12.8 Å². The van der Waals surface area contributed by atoms with Crippen LogP contribution in [0.4, 0.5) is 5.69 Å². The van der Waals surface area contributed by atoms with Gasteiger partial charge in [0.1, 0.15) is 0 Å². The van der Waals surface area contributed by atoms with Gasteiger partial charge in [-0.15, -0.1) is 0 Å². The summed E-state index contributed by atoms with van der Waals surface area (Å²) in [6.45, 7) is 2.32. The molecule has 1 saturated carbocycles. The lowest BCUT2D eigenvalue weighted by atomic mass is 9.89. The number of amides is 1. The maximum atomic E-state index is 12.2. The van der Waals surface area contributed by atoms with E-state index in [2.05, 4.69) is 5.32 Å². The lowest BCUT2D eigenvalue weighted by Gasteiger charge is -2.25. The van der Waals surface area contributed by atoms with E-state index in [-0.39, 0.29) is 18.4 Å². The van der Waals surface area contributed by atoms with Gasteiger partial charge in [0, 0.05) is 17.5 Å². The third kappa shape index (κ3) is 5.11. The molecule has 1 fully saturated rings. The number of hydrogen-bond donors (Lipinski definition) is 1. The van der Waals surface area contributed by atoms with Gasteiger partial charge in [0.25, 0.3) is 0 Å². The van der Waals surface area contributed by atoms with Crippen LogP contribution in [0.25, 0.3) is 0 Å². The molecule has 0 unspecified atom stereocenters. The second-order valence-electron chi connectivity index (χ2n) is 6.39. The summed E-state index contributed by atoms with van der Waals surface area (Å²) in [6, 6.07) is 5.10. The van der Waals surface area contributed by atoms with Gasteiger partial charge in [0.2, 0.25) is 15.9 Å². The van der Waals surface area contributed by atoms with Crippen LogP contribution in [-0.4, -0.2) is 33.7 Å². The molecule has 0 aliphatic heterocycles. The Balaban J connectivity index is 2.01. The molecule has 0 aromatic heterocycles. The molecule has 1 N–H and O–H groups in total. The van der Waals surface area contributed by atoms with Gasteiger partial charge in [-0.2, -0.15) is 0 Å². The normalized spacial score (nSPS) is 16.0. The van der Waals surface area contributed by atoms with Gasteiger partial charge in [-0.05, 0) is 43.5 Å². The number of aryl methyl sites for hydroxylation is 1. The Labute approximate surface area is 149 Å². The monoisotopic (exact) mass is 372 g/mol. The maximum absolute atomic E-state index is 12.2. The topological polar surface area (TPSA) is 66.5 Å². The molecule has 1 amide bonds. The molecule has 7 heteroatoms. The molecular formula is C17H25ClN2O3S. The van der Waals surface area contributed by atoms with Crippen molar-refractivity contribution >= 4 is 33.2 Å². The molecule has 0 saturated heterocycles. The van der Waals surface area contributed by atoms with Crippen LogP contribution < -0.4 is 9.62 Å². The summed E-state index contributed by atoms with van der Waals surface area (Å²) in [5.41, 5.74) is 1.38. The first-order valence-electron chi connectivity index (χ1n) is 8.30. The first-order valence-corrected chi connectivity index (χ1v) is 10.5. The molecule has 2 rings (SSSR count). The fourth-order valence-electron chi connectivity index (χ4n) is 3.15. The van der Waals surface area contributed by atoms with Crippen molar-refractivity contribution in [2.45, 2.75) is 39.0 Å². The number of hydrogen-bond acceptors (Lipinski definition) is 3. The van der Waals surface area contributed by atoms with Crippen molar-refractivity contribution < 1.29 is 13.2 Å². The van der Waals surface area contributed by atoms with E-state index in [0.29, 0.717) is 17.3 Å². The van der Waals surface area contributed by atoms with Gasteiger partial charge >= 0.3 is 0 Å². The predicted molar refractivity (Wildman–Crippen MR) is 98.0 cm³/mol. The molecule has 0 radical (unpaired) electrons. The molecule has 1 aliphatic rings. The van der Waals surface area contributed by atoms with E-state index < -0.39 is 10.0 Å². The van der Waals surface area contributed by atoms with E-state index in [1.54, 1.807) is 18.2 Å². The fourth-order valence-corrected chi connectivity index (χ4v) is 4.37. The van der Waals surface area contributed by atoms with Crippen molar-refractivity contribution in [3.05, 3.63) is 28.8 Å². The predicted octanol–water partition coefficient (Wildman–Crippen LogP) is 3.11. The van der Waals surface area contributed by atoms with E-state index in [0.717, 1.165) is 31.2 Å². The highest BCUT2D eigenvalue weighted by Crippen LogP contribution is 2.26. The number of carbonyl (C=O) groups excluding carboxylic acids is 1. The van der Waals surface area contributed by atoms with Crippen LogP contribution in [0.1, 0.15) is 37.7 Å². The number of nitrogens with one attached hydrogen (secondary N) is 1. The van der Waals surface area contributed by atoms with Crippen molar-refractivity contribution in [2.24, 2.45) is 5.92 Å². The van der Waals surface area contributed by atoms with E-state index in [1.807, 2.05) is 6.92 Å². The smallest absolute Gasteiger partial charge is 0.232 e. The van der Waals surface area contributed by atoms with Crippen molar-refractivity contribution in [3.8, 4) is 0 Å². The average molecular weight is 373 g/mol. The Morgan fingerprint density at radius 3 is 2.54 bits per heavy atom. The minimum absolute atomic E-state index is 0.0379. The first kappa shape index (κ1) is 19.1. The fraction of sp³-hybridized carbons (Fsp3) is 0.588. The molecule has 1 aliphatic carbocycles. The number of carbonyl (C=O) groups is 1. The van der Waals surface area contributed by atoms with Gasteiger partial charge < -0.3 is 5.32 Å². The molecule has 0 heterocycles. The largest absolute Gasteiger partial charge is 0.354 e. The van der Waals surface area contributed by atoms with Gasteiger partial charge in [0.05, 0.1) is 18.5 Å². The summed E-state index contributed by atoms with van der Waals surface area (Å²) in [6.07, 6.45) is 6.41. The molecule has 1 aromatic carbocycles. The highest BCUT2D eigenvalue weighted by atomic mass is 35.5. The number of rotatable bonds is 6. The van der Waals surface area contributed by atoms with Crippen LogP contribution in [0.5, 0.6) is 0 Å². The third-order valence-corrected chi connectivity index (χ3v) is 5.83. The second-order valence-corrected chi connectivity index (χ2v) is 8.74. The number of anilines is 1. The summed E-state index contributed by atoms with van der Waals surface area (Å²) >= 11 is 5.94. The van der Waals surface area contributed by atoms with Crippen molar-refractivity contribution in [2.75, 3.05) is 23.7 Å². The van der Waals surface area contributed by atoms with Gasteiger partial charge in [-0.25, -0.2) is 8.42 Å². The van der Waals surface area contributed by atoms with Crippen LogP contribution in [0.15, 0.2) is 18.2 Å². The lowest BCUT2D eigenvalue weighted by molar-refractivity contribution is -0.125. The molecule has 0 atom stereocenters. The SMILES string of the molecule is Cc1cc(Cl)ccc1N(CCNC(=O)C1CCCCC1)S(C)(=O)=O. The quantitative estimate of drug-likeness (QED) is 0.834. The van der Waals surface area contributed by atoms with Gasteiger partial charge in [-0.3, -0.25) is 9.10 Å². The summed E-state index contributed by atoms with van der Waals surface area (Å²) in [5, 5.41) is 3.45. The van der Waals surface area contributed by atoms with E-state index in [4.69, 9.17) is 11.6 Å². The minimum Gasteiger partial charge on any atom is -0.354 e. The molecule has 0 spiro atoms. The lowest BCUT2D eigenvalue weighted by Crippen LogP contribution is -2.40. The second kappa shape index (κ2) is 8.21. The van der Waals surface area contributed by atoms with Crippen molar-refractivity contribution in [1.29, 1.82) is 0 Å². The summed E-state index contributed by atoms with van der Waals surface area (Å²) in [5.74, 6) is 0.110. The van der Waals surface area contributed by atoms with Crippen LogP contribution in [-0.2, 0) is 14.8 Å². The van der Waals surface area contributed by atoms with Crippen LogP contribution in [0.3, 0.4) is 0 Å². The van der Waals surface area contributed by atoms with Crippen LogP contribution in [0.2, 0.25) is 5.02 Å². The van der Waals surface area contributed by atoms with Crippen LogP contribution >= 0.6 is 11.6 Å². The molecular weight excluding hydrogens is 348 g/mol. The standard InChI is InChI=1S/C17H25ClN2O3S/c1-13-12-15(18)8-9-16(13)20(24(2,22)23)11-10-19-17(21)14-6-4-3-5-7-14/h8-9,12,14H,3-7,10-11H2,1-2H3,(H,19,21). The van der Waals surface area contributed by atoms with Gasteiger partial charge in [0.15, 0.2) is 0 Å². The van der Waals surface area contributed by atoms with Gasteiger partial charge in [-0.1, -0.05) is 30.9 Å². The molecule has 1 aromatic rings. The zero-order valence-corrected chi connectivity index (χ0v) is 15.8. The Hall–Kier alpha value is -1.27. The summed E-state index contributed by atoms with van der Waals surface area (Å²) in [7, 11) is -3.44. The average Bonchev–Trinajstić information content (AvgIpc) is 2.52. The number of benzene rings is 1. The Kier molecular flexibility index (Phi) is 6.52. The molecule has 134 valence electrons. The first-order chi connectivity index (χ1) is 11.3. The van der Waals surface area contributed by atoms with E-state index in [9.17, 15) is 13.2 Å². The third-order valence-electron chi connectivity index (χ3n) is 4.42. The summed E-state index contributed by atoms with van der Waals surface area (Å²) in [4.78, 5) is 12.2. The Morgan fingerprint density at radius 1 is 1.29 bits per heavy atom. The Bertz CT molecular complexity index is 685. The zero-order chi connectivity index (χ0) is 17.7. The highest BCUT2D eigenvalue weighted by Gasteiger charge is 2.22. The number of halogens is 1. The molecule has 0 bridgehead atoms. The minimum atomic E-state index is -3.44. The van der Waals surface area contributed by atoms with Crippen molar-refractivity contribution in [3.63, 3.8) is 0 Å². The Morgan fingerprint density at radius 2 is 1.96 bits per heavy atom. The zero-order valence-electron chi connectivity index (χ0n) is 14.2. The maximum Gasteiger partial charge on any atom is 0.232 e. The summed E-state index contributed by atoms with van der Waals surface area (Å²) < 4.78 is 25.6. The molecule has 5 nitrogen and oxygen atoms in total. The van der Waals surface area contributed by atoms with E-state index >= 15 is 0 Å².